The summed E-state index contributed by atoms with van der Waals surface area (Å²) in [6.07, 6.45) is 1.74. The Labute approximate surface area is 157 Å². The van der Waals surface area contributed by atoms with Crippen molar-refractivity contribution in [3.63, 3.8) is 0 Å². The van der Waals surface area contributed by atoms with Gasteiger partial charge in [0.05, 0.1) is 11.5 Å². The molecule has 5 nitrogen and oxygen atoms in total. The zero-order chi connectivity index (χ0) is 17.6. The third-order valence-electron chi connectivity index (χ3n) is 3.47. The van der Waals surface area contributed by atoms with E-state index in [1.165, 1.54) is 11.8 Å². The topological polar surface area (TPSA) is 70.9 Å². The molecule has 0 spiro atoms. The minimum Gasteiger partial charge on any atom is -0.303 e. The lowest BCUT2D eigenvalue weighted by molar-refractivity contribution is -0.118. The fourth-order valence-electron chi connectivity index (χ4n) is 2.20. The van der Waals surface area contributed by atoms with Crippen LogP contribution in [0.1, 0.15) is 22.3 Å². The fraction of sp³-hybridized carbons (Fsp3) is 0.111. The van der Waals surface area contributed by atoms with Gasteiger partial charge in [-0.3, -0.25) is 9.59 Å². The van der Waals surface area contributed by atoms with Gasteiger partial charge in [-0.15, -0.1) is 5.10 Å². The Balaban J connectivity index is 1.60. The average Bonchev–Trinajstić information content (AvgIpc) is 2.96. The lowest BCUT2D eigenvalue weighted by Gasteiger charge is -2.04. The van der Waals surface area contributed by atoms with E-state index in [0.717, 1.165) is 10.0 Å². The van der Waals surface area contributed by atoms with E-state index in [2.05, 4.69) is 31.4 Å². The maximum atomic E-state index is 12.3. The molecule has 1 aliphatic rings. The highest BCUT2D eigenvalue weighted by Gasteiger charge is 2.32. The van der Waals surface area contributed by atoms with E-state index >= 15 is 0 Å². The summed E-state index contributed by atoms with van der Waals surface area (Å²) in [5.74, 6) is -0.293. The molecular weight excluding hydrogens is 402 g/mol. The Morgan fingerprint density at radius 2 is 1.88 bits per heavy atom. The molecule has 1 N–H and O–H groups in total. The molecule has 1 atom stereocenters. The molecule has 1 amide bonds. The molecule has 0 bridgehead atoms. The molecule has 2 aromatic carbocycles. The van der Waals surface area contributed by atoms with Gasteiger partial charge in [-0.05, 0) is 17.7 Å². The van der Waals surface area contributed by atoms with E-state index in [1.54, 1.807) is 30.5 Å². The number of amidine groups is 1. The normalized spacial score (nSPS) is 18.7. The minimum absolute atomic E-state index is 0.0748. The van der Waals surface area contributed by atoms with Gasteiger partial charge in [0.1, 0.15) is 0 Å². The first-order valence-electron chi connectivity index (χ1n) is 7.54. The van der Waals surface area contributed by atoms with Crippen molar-refractivity contribution in [1.29, 1.82) is 0 Å². The van der Waals surface area contributed by atoms with Gasteiger partial charge in [0, 0.05) is 16.5 Å². The first-order valence-corrected chi connectivity index (χ1v) is 9.21. The van der Waals surface area contributed by atoms with Crippen LogP contribution < -0.4 is 5.32 Å². The van der Waals surface area contributed by atoms with Gasteiger partial charge in [0.15, 0.2) is 11.0 Å². The lowest BCUT2D eigenvalue weighted by Crippen LogP contribution is -2.26. The number of rotatable bonds is 5. The maximum Gasteiger partial charge on any atom is 0.240 e. The zero-order valence-electron chi connectivity index (χ0n) is 13.1. The first-order chi connectivity index (χ1) is 12.1. The molecule has 0 aromatic heterocycles. The van der Waals surface area contributed by atoms with Gasteiger partial charge in [-0.2, -0.15) is 5.10 Å². The van der Waals surface area contributed by atoms with Crippen LogP contribution in [0.4, 0.5) is 0 Å². The van der Waals surface area contributed by atoms with Crippen LogP contribution in [0.2, 0.25) is 0 Å². The molecule has 1 aliphatic heterocycles. The summed E-state index contributed by atoms with van der Waals surface area (Å²) in [5, 5.41) is 10.6. The molecule has 7 heteroatoms. The summed E-state index contributed by atoms with van der Waals surface area (Å²) in [6.45, 7) is 0. The molecule has 1 heterocycles. The fourth-order valence-corrected chi connectivity index (χ4v) is 3.38. The minimum atomic E-state index is -0.484. The van der Waals surface area contributed by atoms with Gasteiger partial charge in [-0.1, -0.05) is 70.2 Å². The van der Waals surface area contributed by atoms with E-state index in [1.807, 2.05) is 30.3 Å². The summed E-state index contributed by atoms with van der Waals surface area (Å²) in [7, 11) is 0. The molecule has 25 heavy (non-hydrogen) atoms. The Morgan fingerprint density at radius 1 is 1.16 bits per heavy atom. The van der Waals surface area contributed by atoms with Crippen LogP contribution in [0.3, 0.4) is 0 Å². The number of halogens is 1. The number of nitrogens with zero attached hydrogens (tertiary/aromatic N) is 2. The van der Waals surface area contributed by atoms with Crippen LogP contribution in [0.25, 0.3) is 0 Å². The number of hydrogen-bond acceptors (Lipinski definition) is 5. The number of nitrogens with one attached hydrogen (secondary N) is 1. The molecular formula is C18H14BrN3O2S. The number of ketones is 1. The number of carbonyl (C=O) groups excluding carboxylic acids is 2. The van der Waals surface area contributed by atoms with Crippen LogP contribution in [0.5, 0.6) is 0 Å². The van der Waals surface area contributed by atoms with Crippen molar-refractivity contribution in [2.75, 3.05) is 0 Å². The first kappa shape index (κ1) is 17.6. The summed E-state index contributed by atoms with van der Waals surface area (Å²) in [4.78, 5) is 24.3. The highest BCUT2D eigenvalue weighted by atomic mass is 79.9. The van der Waals surface area contributed by atoms with E-state index < -0.39 is 5.25 Å². The van der Waals surface area contributed by atoms with E-state index in [4.69, 9.17) is 0 Å². The SMILES string of the molecule is O=C(C[C@H]1S/C(=N\N=C/c2ccccc2)NC1=O)c1ccc(Br)cc1. The third-order valence-corrected chi connectivity index (χ3v) is 5.07. The third kappa shape index (κ3) is 4.87. The monoisotopic (exact) mass is 415 g/mol. The van der Waals surface area contributed by atoms with Crippen molar-refractivity contribution in [2.24, 2.45) is 10.2 Å². The molecule has 0 saturated carbocycles. The molecule has 126 valence electrons. The predicted molar refractivity (Wildman–Crippen MR) is 104 cm³/mol. The molecule has 2 aromatic rings. The molecule has 1 fully saturated rings. The Morgan fingerprint density at radius 3 is 2.60 bits per heavy atom. The predicted octanol–water partition coefficient (Wildman–Crippen LogP) is 3.64. The number of benzene rings is 2. The highest BCUT2D eigenvalue weighted by Crippen LogP contribution is 2.24. The van der Waals surface area contributed by atoms with Crippen molar-refractivity contribution >= 4 is 50.8 Å². The second kappa shape index (κ2) is 8.22. The molecule has 3 rings (SSSR count). The zero-order valence-corrected chi connectivity index (χ0v) is 15.5. The van der Waals surface area contributed by atoms with E-state index in [0.29, 0.717) is 10.7 Å². The van der Waals surface area contributed by atoms with Crippen LogP contribution in [-0.2, 0) is 4.79 Å². The summed E-state index contributed by atoms with van der Waals surface area (Å²) < 4.78 is 0.905. The van der Waals surface area contributed by atoms with Crippen LogP contribution in [-0.4, -0.2) is 28.3 Å². The van der Waals surface area contributed by atoms with Gasteiger partial charge in [0.25, 0.3) is 0 Å². The van der Waals surface area contributed by atoms with Gasteiger partial charge in [-0.25, -0.2) is 0 Å². The maximum absolute atomic E-state index is 12.3. The molecule has 0 unspecified atom stereocenters. The Bertz CT molecular complexity index is 835. The summed E-state index contributed by atoms with van der Waals surface area (Å²) in [6, 6.07) is 16.6. The summed E-state index contributed by atoms with van der Waals surface area (Å²) >= 11 is 4.56. The number of amides is 1. The second-order valence-electron chi connectivity index (χ2n) is 5.29. The standard InChI is InChI=1S/C18H14BrN3O2S/c19-14-8-6-13(7-9-14)15(23)10-16-17(24)21-18(25-16)22-20-11-12-4-2-1-3-5-12/h1-9,11,16H,10H2,(H,21,22,24)/b20-11-/t16-/m1/s1. The Kier molecular flexibility index (Phi) is 5.78. The van der Waals surface area contributed by atoms with E-state index in [9.17, 15) is 9.59 Å². The largest absolute Gasteiger partial charge is 0.303 e. The van der Waals surface area contributed by atoms with Crippen molar-refractivity contribution in [3.05, 3.63) is 70.2 Å². The quantitative estimate of drug-likeness (QED) is 0.460. The van der Waals surface area contributed by atoms with Crippen LogP contribution in [0.15, 0.2) is 69.3 Å². The number of thioether (sulfide) groups is 1. The molecule has 0 aliphatic carbocycles. The number of carbonyl (C=O) groups is 2. The Hall–Kier alpha value is -2.25. The smallest absolute Gasteiger partial charge is 0.240 e. The van der Waals surface area contributed by atoms with Crippen molar-refractivity contribution in [3.8, 4) is 0 Å². The molecule has 1 saturated heterocycles. The second-order valence-corrected chi connectivity index (χ2v) is 7.40. The highest BCUT2D eigenvalue weighted by molar-refractivity contribution is 9.10. The average molecular weight is 416 g/mol. The van der Waals surface area contributed by atoms with Crippen molar-refractivity contribution < 1.29 is 9.59 Å². The summed E-state index contributed by atoms with van der Waals surface area (Å²) in [5.41, 5.74) is 1.51. The van der Waals surface area contributed by atoms with Gasteiger partial charge in [0.2, 0.25) is 5.91 Å². The van der Waals surface area contributed by atoms with Crippen LogP contribution >= 0.6 is 27.7 Å². The van der Waals surface area contributed by atoms with Gasteiger partial charge >= 0.3 is 0 Å². The number of hydrogen-bond donors (Lipinski definition) is 1. The number of Topliss-reactive ketones (excluding diaryl/α,β-unsaturated/α-hetero) is 1. The lowest BCUT2D eigenvalue weighted by atomic mass is 10.1. The van der Waals surface area contributed by atoms with Crippen molar-refractivity contribution in [1.82, 2.24) is 5.32 Å². The van der Waals surface area contributed by atoms with Crippen molar-refractivity contribution in [2.45, 2.75) is 11.7 Å². The van der Waals surface area contributed by atoms with E-state index in [-0.39, 0.29) is 18.1 Å². The van der Waals surface area contributed by atoms with Crippen LogP contribution in [0, 0.1) is 0 Å². The molecule has 0 radical (unpaired) electrons. The van der Waals surface area contributed by atoms with Gasteiger partial charge < -0.3 is 5.32 Å².